The molecular weight excluding hydrogens is 118 g/mol. The molecule has 0 aliphatic rings. The SMILES string of the molecule is CN(C)C(ON)=[N+](C)C. The van der Waals surface area contributed by atoms with Crippen LogP contribution in [0.15, 0.2) is 0 Å². The van der Waals surface area contributed by atoms with Crippen LogP contribution in [0.4, 0.5) is 0 Å². The Kier molecular flexibility index (Phi) is 3.01. The molecule has 54 valence electrons. The number of rotatable bonds is 0. The summed E-state index contributed by atoms with van der Waals surface area (Å²) in [6.45, 7) is 0. The Balaban J connectivity index is 4.16. The quantitative estimate of drug-likeness (QED) is 0.200. The highest BCUT2D eigenvalue weighted by molar-refractivity contribution is 5.67. The molecule has 0 aliphatic carbocycles. The topological polar surface area (TPSA) is 41.5 Å². The molecule has 0 radical (unpaired) electrons. The van der Waals surface area contributed by atoms with Gasteiger partial charge in [0.15, 0.2) is 0 Å². The van der Waals surface area contributed by atoms with Gasteiger partial charge in [-0.3, -0.25) is 0 Å². The van der Waals surface area contributed by atoms with E-state index in [1.807, 2.05) is 28.2 Å². The third kappa shape index (κ3) is 2.32. The van der Waals surface area contributed by atoms with Gasteiger partial charge in [0.05, 0.1) is 28.2 Å². The van der Waals surface area contributed by atoms with E-state index in [2.05, 4.69) is 4.84 Å². The Hall–Kier alpha value is -0.770. The van der Waals surface area contributed by atoms with Crippen molar-refractivity contribution in [2.24, 2.45) is 5.90 Å². The van der Waals surface area contributed by atoms with Crippen LogP contribution in [0, 0.1) is 0 Å². The summed E-state index contributed by atoms with van der Waals surface area (Å²) in [5.41, 5.74) is 0. The van der Waals surface area contributed by atoms with Gasteiger partial charge >= 0.3 is 6.02 Å². The summed E-state index contributed by atoms with van der Waals surface area (Å²) in [6.07, 6.45) is 0. The molecule has 0 amide bonds. The Bertz CT molecular complexity index is 115. The lowest BCUT2D eigenvalue weighted by Gasteiger charge is -2.06. The molecule has 0 unspecified atom stereocenters. The Morgan fingerprint density at radius 1 is 1.44 bits per heavy atom. The molecule has 9 heavy (non-hydrogen) atoms. The summed E-state index contributed by atoms with van der Waals surface area (Å²) >= 11 is 0. The van der Waals surface area contributed by atoms with Crippen molar-refractivity contribution in [3.63, 3.8) is 0 Å². The molecule has 0 atom stereocenters. The maximum Gasteiger partial charge on any atom is 0.464 e. The van der Waals surface area contributed by atoms with E-state index in [0.29, 0.717) is 6.02 Å². The molecule has 4 nitrogen and oxygen atoms in total. The highest BCUT2D eigenvalue weighted by atomic mass is 16.6. The van der Waals surface area contributed by atoms with Gasteiger partial charge in [-0.1, -0.05) is 0 Å². The van der Waals surface area contributed by atoms with Crippen LogP contribution in [0.25, 0.3) is 0 Å². The van der Waals surface area contributed by atoms with Crippen LogP contribution in [0.2, 0.25) is 0 Å². The number of hydrogen-bond acceptors (Lipinski definition) is 2. The third-order valence-electron chi connectivity index (χ3n) is 0.871. The lowest BCUT2D eigenvalue weighted by atomic mass is 10.8. The van der Waals surface area contributed by atoms with E-state index in [0.717, 1.165) is 0 Å². The highest BCUT2D eigenvalue weighted by Crippen LogP contribution is 1.78. The van der Waals surface area contributed by atoms with Gasteiger partial charge in [0.2, 0.25) is 0 Å². The Labute approximate surface area is 55.5 Å². The van der Waals surface area contributed by atoms with Gasteiger partial charge in [0.1, 0.15) is 0 Å². The maximum absolute atomic E-state index is 4.95. The van der Waals surface area contributed by atoms with Gasteiger partial charge in [-0.15, -0.1) is 0 Å². The van der Waals surface area contributed by atoms with Crippen molar-refractivity contribution in [3.05, 3.63) is 0 Å². The first-order valence-electron chi connectivity index (χ1n) is 2.68. The molecule has 0 aromatic carbocycles. The van der Waals surface area contributed by atoms with Crippen LogP contribution in [0.5, 0.6) is 0 Å². The van der Waals surface area contributed by atoms with Crippen LogP contribution in [0.3, 0.4) is 0 Å². The molecule has 0 aliphatic heterocycles. The largest absolute Gasteiger partial charge is 0.464 e. The van der Waals surface area contributed by atoms with E-state index in [4.69, 9.17) is 5.90 Å². The molecule has 0 saturated carbocycles. The van der Waals surface area contributed by atoms with Gasteiger partial charge in [0.25, 0.3) is 0 Å². The summed E-state index contributed by atoms with van der Waals surface area (Å²) in [6, 6.07) is 0.634. The normalized spacial score (nSPS) is 8.56. The fourth-order valence-electron chi connectivity index (χ4n) is 0.611. The van der Waals surface area contributed by atoms with Gasteiger partial charge in [-0.05, 0) is 0 Å². The van der Waals surface area contributed by atoms with Crippen molar-refractivity contribution < 1.29 is 9.41 Å². The van der Waals surface area contributed by atoms with Gasteiger partial charge in [-0.25, -0.2) is 9.48 Å². The Morgan fingerprint density at radius 2 is 1.89 bits per heavy atom. The number of nitrogens with zero attached hydrogens (tertiary/aromatic N) is 2. The van der Waals surface area contributed by atoms with E-state index in [1.165, 1.54) is 0 Å². The summed E-state index contributed by atoms with van der Waals surface area (Å²) in [5, 5.41) is 0. The second kappa shape index (κ2) is 3.29. The molecule has 0 bridgehead atoms. The molecule has 0 spiro atoms. The van der Waals surface area contributed by atoms with Crippen molar-refractivity contribution in [1.29, 1.82) is 0 Å². The van der Waals surface area contributed by atoms with Crippen LogP contribution in [-0.2, 0) is 4.84 Å². The van der Waals surface area contributed by atoms with Crippen LogP contribution >= 0.6 is 0 Å². The van der Waals surface area contributed by atoms with Crippen LogP contribution in [-0.4, -0.2) is 43.7 Å². The van der Waals surface area contributed by atoms with Crippen molar-refractivity contribution in [2.45, 2.75) is 0 Å². The predicted molar refractivity (Wildman–Crippen MR) is 36.1 cm³/mol. The van der Waals surface area contributed by atoms with Crippen molar-refractivity contribution in [3.8, 4) is 0 Å². The first-order valence-corrected chi connectivity index (χ1v) is 2.68. The first kappa shape index (κ1) is 8.23. The van der Waals surface area contributed by atoms with Crippen LogP contribution < -0.4 is 5.90 Å². The van der Waals surface area contributed by atoms with Gasteiger partial charge < -0.3 is 4.84 Å². The summed E-state index contributed by atoms with van der Waals surface area (Å²) in [5.74, 6) is 4.95. The van der Waals surface area contributed by atoms with Crippen molar-refractivity contribution >= 4 is 6.02 Å². The minimum Gasteiger partial charge on any atom is -0.338 e. The predicted octanol–water partition coefficient (Wildman–Crippen LogP) is -0.934. The molecule has 0 rings (SSSR count). The van der Waals surface area contributed by atoms with E-state index in [-0.39, 0.29) is 0 Å². The van der Waals surface area contributed by atoms with Crippen LogP contribution in [0.1, 0.15) is 0 Å². The second-order valence-electron chi connectivity index (χ2n) is 2.19. The summed E-state index contributed by atoms with van der Waals surface area (Å²) < 4.78 is 1.79. The fourth-order valence-corrected chi connectivity index (χ4v) is 0.611. The lowest BCUT2D eigenvalue weighted by molar-refractivity contribution is -0.481. The zero-order valence-electron chi connectivity index (χ0n) is 6.38. The summed E-state index contributed by atoms with van der Waals surface area (Å²) in [4.78, 5) is 6.33. The van der Waals surface area contributed by atoms with E-state index in [9.17, 15) is 0 Å². The number of nitrogens with two attached hydrogens (primary N) is 1. The number of hydrogen-bond donors (Lipinski definition) is 1. The Morgan fingerprint density at radius 3 is 1.89 bits per heavy atom. The smallest absolute Gasteiger partial charge is 0.338 e. The monoisotopic (exact) mass is 132 g/mol. The minimum absolute atomic E-state index is 0.634. The summed E-state index contributed by atoms with van der Waals surface area (Å²) in [7, 11) is 7.45. The molecular formula is C5H14N3O+. The lowest BCUT2D eigenvalue weighted by Crippen LogP contribution is -2.34. The maximum atomic E-state index is 4.95. The molecule has 0 fully saturated rings. The van der Waals surface area contributed by atoms with E-state index < -0.39 is 0 Å². The molecule has 2 N–H and O–H groups in total. The second-order valence-corrected chi connectivity index (χ2v) is 2.19. The van der Waals surface area contributed by atoms with Gasteiger partial charge in [-0.2, -0.15) is 5.90 Å². The molecule has 0 aromatic heterocycles. The van der Waals surface area contributed by atoms with Crippen molar-refractivity contribution in [1.82, 2.24) is 4.90 Å². The third-order valence-corrected chi connectivity index (χ3v) is 0.871. The fraction of sp³-hybridized carbons (Fsp3) is 0.800. The highest BCUT2D eigenvalue weighted by Gasteiger charge is 2.10. The minimum atomic E-state index is 0.634. The standard InChI is InChI=1S/C5H14N3O/c1-7(2)5(9-6)8(3)4/h6H2,1-4H3/q+1. The molecule has 4 heteroatoms. The number of amidine groups is 1. The first-order chi connectivity index (χ1) is 4.09. The molecule has 0 saturated heterocycles. The molecule has 0 aromatic rings. The molecule has 0 heterocycles. The zero-order valence-corrected chi connectivity index (χ0v) is 6.38. The average molecular weight is 132 g/mol. The van der Waals surface area contributed by atoms with Gasteiger partial charge in [0, 0.05) is 0 Å². The van der Waals surface area contributed by atoms with Crippen molar-refractivity contribution in [2.75, 3.05) is 28.2 Å². The van der Waals surface area contributed by atoms with E-state index >= 15 is 0 Å². The zero-order chi connectivity index (χ0) is 7.44. The average Bonchev–Trinajstić information content (AvgIpc) is 1.64. The van der Waals surface area contributed by atoms with E-state index in [1.54, 1.807) is 9.48 Å².